The van der Waals surface area contributed by atoms with Crippen molar-refractivity contribution in [1.29, 1.82) is 0 Å². The molecule has 2 aliphatic rings. The molecule has 0 aromatic heterocycles. The van der Waals surface area contributed by atoms with Crippen molar-refractivity contribution < 1.29 is 27.8 Å². The highest BCUT2D eigenvalue weighted by atomic mass is 19.4. The lowest BCUT2D eigenvalue weighted by Crippen LogP contribution is -2.47. The molecule has 0 aromatic carbocycles. The van der Waals surface area contributed by atoms with E-state index in [0.717, 1.165) is 0 Å². The van der Waals surface area contributed by atoms with E-state index in [1.807, 2.05) is 0 Å². The van der Waals surface area contributed by atoms with Gasteiger partial charge in [-0.1, -0.05) is 0 Å². The summed E-state index contributed by atoms with van der Waals surface area (Å²) < 4.78 is 42.3. The van der Waals surface area contributed by atoms with Gasteiger partial charge in [0.25, 0.3) is 0 Å². The van der Waals surface area contributed by atoms with Crippen LogP contribution in [0.5, 0.6) is 0 Å². The molecule has 2 heterocycles. The summed E-state index contributed by atoms with van der Waals surface area (Å²) in [5, 5.41) is 9.38. The Balaban J connectivity index is 1.87. The van der Waals surface area contributed by atoms with E-state index in [0.29, 0.717) is 25.8 Å². The summed E-state index contributed by atoms with van der Waals surface area (Å²) in [5.74, 6) is -0.320. The smallest absolute Gasteiger partial charge is 0.394 e. The topological polar surface area (TPSA) is 53.0 Å². The van der Waals surface area contributed by atoms with Gasteiger partial charge in [0, 0.05) is 19.6 Å². The summed E-state index contributed by atoms with van der Waals surface area (Å²) in [7, 11) is 1.57. The molecule has 0 unspecified atom stereocenters. The number of rotatable bonds is 4. The van der Waals surface area contributed by atoms with E-state index in [9.17, 15) is 23.1 Å². The summed E-state index contributed by atoms with van der Waals surface area (Å²) in [6.45, 7) is -0.0208. The Bertz CT molecular complexity index is 384. The number of piperidine rings is 1. The van der Waals surface area contributed by atoms with Crippen LogP contribution in [0.3, 0.4) is 0 Å². The first-order valence-corrected chi connectivity index (χ1v) is 7.57. The Labute approximate surface area is 128 Å². The second-order valence-electron chi connectivity index (χ2n) is 6.09. The number of carbonyl (C=O) groups excluding carboxylic acids is 1. The second kappa shape index (κ2) is 7.14. The standard InChI is InChI=1S/C14H23F3N2O3/c1-22-12-6-11(8-20)19(7-12)13(21)10-2-4-18(5-3-10)9-14(15,16)17/h10-12,20H,2-9H2,1H3/t11-,12+/m0/s1. The number of nitrogens with zero attached hydrogens (tertiary/aromatic N) is 2. The predicted molar refractivity (Wildman–Crippen MR) is 73.2 cm³/mol. The lowest BCUT2D eigenvalue weighted by Gasteiger charge is -2.34. The highest BCUT2D eigenvalue weighted by Crippen LogP contribution is 2.27. The van der Waals surface area contributed by atoms with Crippen LogP contribution in [0.1, 0.15) is 19.3 Å². The number of halogens is 3. The average molecular weight is 324 g/mol. The van der Waals surface area contributed by atoms with Crippen molar-refractivity contribution >= 4 is 5.91 Å². The predicted octanol–water partition coefficient (Wildman–Crippen LogP) is 0.869. The lowest BCUT2D eigenvalue weighted by molar-refractivity contribution is -0.151. The molecule has 2 atom stereocenters. The van der Waals surface area contributed by atoms with E-state index in [2.05, 4.69) is 0 Å². The molecule has 1 amide bonds. The summed E-state index contributed by atoms with van der Waals surface area (Å²) in [5.41, 5.74) is 0. The molecule has 128 valence electrons. The number of likely N-dealkylation sites (tertiary alicyclic amines) is 2. The van der Waals surface area contributed by atoms with Gasteiger partial charge >= 0.3 is 6.18 Å². The number of carbonyl (C=O) groups is 1. The third kappa shape index (κ3) is 4.33. The molecule has 2 aliphatic heterocycles. The first-order chi connectivity index (χ1) is 10.3. The SMILES string of the molecule is CO[C@@H]1C[C@@H](CO)N(C(=O)C2CCN(CC(F)(F)F)CC2)C1. The van der Waals surface area contributed by atoms with Crippen molar-refractivity contribution in [2.24, 2.45) is 5.92 Å². The molecule has 0 bridgehead atoms. The molecule has 8 heteroatoms. The fourth-order valence-corrected chi connectivity index (χ4v) is 3.31. The summed E-state index contributed by atoms with van der Waals surface area (Å²) in [6.07, 6.45) is -2.81. The van der Waals surface area contributed by atoms with Crippen LogP contribution in [0.25, 0.3) is 0 Å². The Kier molecular flexibility index (Phi) is 5.68. The van der Waals surface area contributed by atoms with Crippen LogP contribution in [-0.2, 0) is 9.53 Å². The van der Waals surface area contributed by atoms with E-state index in [1.54, 1.807) is 12.0 Å². The maximum atomic E-state index is 12.5. The normalized spacial score (nSPS) is 28.3. The molecule has 1 N–H and O–H groups in total. The summed E-state index contributed by atoms with van der Waals surface area (Å²) in [6, 6.07) is -0.245. The Morgan fingerprint density at radius 1 is 1.32 bits per heavy atom. The largest absolute Gasteiger partial charge is 0.401 e. The van der Waals surface area contributed by atoms with Crippen molar-refractivity contribution in [2.45, 2.75) is 37.6 Å². The van der Waals surface area contributed by atoms with Crippen LogP contribution in [0.15, 0.2) is 0 Å². The Morgan fingerprint density at radius 3 is 2.45 bits per heavy atom. The summed E-state index contributed by atoms with van der Waals surface area (Å²) in [4.78, 5) is 15.5. The lowest BCUT2D eigenvalue weighted by atomic mass is 9.95. The first kappa shape index (κ1) is 17.5. The number of hydrogen-bond acceptors (Lipinski definition) is 4. The van der Waals surface area contributed by atoms with Gasteiger partial charge < -0.3 is 14.7 Å². The molecule has 2 rings (SSSR count). The maximum Gasteiger partial charge on any atom is 0.401 e. The third-order valence-corrected chi connectivity index (χ3v) is 4.54. The summed E-state index contributed by atoms with van der Waals surface area (Å²) >= 11 is 0. The van der Waals surface area contributed by atoms with Crippen LogP contribution in [0.4, 0.5) is 13.2 Å². The minimum atomic E-state index is -4.19. The number of ether oxygens (including phenoxy) is 1. The van der Waals surface area contributed by atoms with Gasteiger partial charge in [-0.15, -0.1) is 0 Å². The van der Waals surface area contributed by atoms with Crippen molar-refractivity contribution in [3.8, 4) is 0 Å². The van der Waals surface area contributed by atoms with E-state index >= 15 is 0 Å². The minimum Gasteiger partial charge on any atom is -0.394 e. The van der Waals surface area contributed by atoms with Crippen LogP contribution in [0, 0.1) is 5.92 Å². The van der Waals surface area contributed by atoms with Gasteiger partial charge in [0.05, 0.1) is 25.3 Å². The number of hydrogen-bond donors (Lipinski definition) is 1. The molecule has 0 spiro atoms. The zero-order valence-corrected chi connectivity index (χ0v) is 12.7. The molecule has 2 fully saturated rings. The number of aliphatic hydroxyl groups is 1. The van der Waals surface area contributed by atoms with Gasteiger partial charge in [0.15, 0.2) is 0 Å². The van der Waals surface area contributed by atoms with Crippen LogP contribution < -0.4 is 0 Å². The molecule has 2 saturated heterocycles. The molecule has 5 nitrogen and oxygen atoms in total. The highest BCUT2D eigenvalue weighted by molar-refractivity contribution is 5.79. The van der Waals surface area contributed by atoms with Gasteiger partial charge in [0.1, 0.15) is 0 Å². The van der Waals surface area contributed by atoms with Crippen LogP contribution >= 0.6 is 0 Å². The van der Waals surface area contributed by atoms with Gasteiger partial charge in [-0.2, -0.15) is 13.2 Å². The van der Waals surface area contributed by atoms with Crippen molar-refractivity contribution in [2.75, 3.05) is 39.9 Å². The van der Waals surface area contributed by atoms with E-state index in [4.69, 9.17) is 4.74 Å². The molecule has 0 saturated carbocycles. The van der Waals surface area contributed by atoms with Crippen molar-refractivity contribution in [1.82, 2.24) is 9.80 Å². The number of methoxy groups -OCH3 is 1. The van der Waals surface area contributed by atoms with Gasteiger partial charge in [-0.3, -0.25) is 9.69 Å². The highest BCUT2D eigenvalue weighted by Gasteiger charge is 2.39. The molecule has 0 aliphatic carbocycles. The molecule has 0 radical (unpaired) electrons. The maximum absolute atomic E-state index is 12.5. The first-order valence-electron chi connectivity index (χ1n) is 7.57. The van der Waals surface area contributed by atoms with Crippen LogP contribution in [0.2, 0.25) is 0 Å². The average Bonchev–Trinajstić information content (AvgIpc) is 2.89. The Hall–Kier alpha value is -0.860. The quantitative estimate of drug-likeness (QED) is 0.834. The van der Waals surface area contributed by atoms with E-state index in [1.165, 1.54) is 4.90 Å². The Morgan fingerprint density at radius 2 is 1.95 bits per heavy atom. The van der Waals surface area contributed by atoms with Crippen LogP contribution in [-0.4, -0.2) is 79.0 Å². The second-order valence-corrected chi connectivity index (χ2v) is 6.09. The van der Waals surface area contributed by atoms with Gasteiger partial charge in [-0.25, -0.2) is 0 Å². The molecule has 22 heavy (non-hydrogen) atoms. The van der Waals surface area contributed by atoms with Gasteiger partial charge in [0.2, 0.25) is 5.91 Å². The zero-order chi connectivity index (χ0) is 16.3. The number of aliphatic hydroxyl groups excluding tert-OH is 1. The molecule has 0 aromatic rings. The molecular weight excluding hydrogens is 301 g/mol. The van der Waals surface area contributed by atoms with E-state index < -0.39 is 12.7 Å². The monoisotopic (exact) mass is 324 g/mol. The number of alkyl halides is 3. The fraction of sp³-hybridized carbons (Fsp3) is 0.929. The third-order valence-electron chi connectivity index (χ3n) is 4.54. The molecular formula is C14H23F3N2O3. The fourth-order valence-electron chi connectivity index (χ4n) is 3.31. The zero-order valence-electron chi connectivity index (χ0n) is 12.7. The van der Waals surface area contributed by atoms with Gasteiger partial charge in [-0.05, 0) is 32.4 Å². The van der Waals surface area contributed by atoms with Crippen molar-refractivity contribution in [3.05, 3.63) is 0 Å². The van der Waals surface area contributed by atoms with E-state index in [-0.39, 0.29) is 43.7 Å². The van der Waals surface area contributed by atoms with Crippen molar-refractivity contribution in [3.63, 3.8) is 0 Å². The number of amides is 1. The minimum absolute atomic E-state index is 0.0646.